The fraction of sp³-hybridized carbons (Fsp3) is 0.368. The molecule has 7 heteroatoms. The summed E-state index contributed by atoms with van der Waals surface area (Å²) in [7, 11) is 1.90. The number of nitrogens with zero attached hydrogens (tertiary/aromatic N) is 6. The van der Waals surface area contributed by atoms with E-state index in [4.69, 9.17) is 0 Å². The van der Waals surface area contributed by atoms with Gasteiger partial charge < -0.3 is 9.80 Å². The average molecular weight is 352 g/mol. The number of piperidine rings is 1. The molecule has 0 saturated carbocycles. The van der Waals surface area contributed by atoms with Crippen molar-refractivity contribution in [3.63, 3.8) is 0 Å². The smallest absolute Gasteiger partial charge is 0.186 e. The summed E-state index contributed by atoms with van der Waals surface area (Å²) in [6.45, 7) is 3.35. The van der Waals surface area contributed by atoms with Gasteiger partial charge in [-0.1, -0.05) is 12.1 Å². The number of fused-ring (bicyclic) bond motifs is 1. The summed E-state index contributed by atoms with van der Waals surface area (Å²) >= 11 is 0. The number of aryl methyl sites for hydroxylation is 1. The number of benzene rings is 1. The second-order valence-electron chi connectivity index (χ2n) is 6.66. The molecule has 1 aromatic carbocycles. The zero-order valence-corrected chi connectivity index (χ0v) is 14.9. The number of rotatable bonds is 3. The molecule has 1 fully saturated rings. The summed E-state index contributed by atoms with van der Waals surface area (Å²) in [6.07, 6.45) is 5.03. The molecular weight excluding hydrogens is 331 g/mol. The Morgan fingerprint density at radius 1 is 1.12 bits per heavy atom. The van der Waals surface area contributed by atoms with Crippen LogP contribution >= 0.6 is 0 Å². The number of hydrogen-bond donors (Lipinski definition) is 0. The zero-order chi connectivity index (χ0) is 18.1. The third-order valence-electron chi connectivity index (χ3n) is 5.05. The van der Waals surface area contributed by atoms with E-state index in [0.717, 1.165) is 42.7 Å². The van der Waals surface area contributed by atoms with Gasteiger partial charge in [-0.05, 0) is 31.9 Å². The number of para-hydroxylation sites is 1. The molecule has 2 aromatic heterocycles. The van der Waals surface area contributed by atoms with E-state index >= 15 is 0 Å². The Morgan fingerprint density at radius 2 is 1.92 bits per heavy atom. The maximum Gasteiger partial charge on any atom is 0.186 e. The lowest BCUT2D eigenvalue weighted by Crippen LogP contribution is -2.47. The van der Waals surface area contributed by atoms with E-state index in [9.17, 15) is 4.39 Å². The largest absolute Gasteiger partial charge is 0.354 e. The highest BCUT2D eigenvalue weighted by molar-refractivity contribution is 5.89. The Morgan fingerprint density at radius 3 is 2.81 bits per heavy atom. The molecule has 134 valence electrons. The van der Waals surface area contributed by atoms with Gasteiger partial charge in [0.1, 0.15) is 18.5 Å². The lowest BCUT2D eigenvalue weighted by Gasteiger charge is -2.39. The van der Waals surface area contributed by atoms with Gasteiger partial charge in [-0.25, -0.2) is 24.3 Å². The minimum atomic E-state index is -0.348. The Labute approximate surface area is 151 Å². The topological polar surface area (TPSA) is 58.0 Å². The molecule has 1 aliphatic heterocycles. The average Bonchev–Trinajstić information content (AvgIpc) is 2.69. The van der Waals surface area contributed by atoms with Crippen molar-refractivity contribution in [2.75, 3.05) is 29.9 Å². The minimum Gasteiger partial charge on any atom is -0.354 e. The van der Waals surface area contributed by atoms with Crippen molar-refractivity contribution in [1.82, 2.24) is 19.9 Å². The van der Waals surface area contributed by atoms with Gasteiger partial charge in [0, 0.05) is 31.6 Å². The molecule has 0 radical (unpaired) electrons. The number of halogens is 1. The van der Waals surface area contributed by atoms with Gasteiger partial charge in [0.25, 0.3) is 0 Å². The van der Waals surface area contributed by atoms with E-state index in [1.807, 2.05) is 36.2 Å². The maximum absolute atomic E-state index is 14.4. The molecule has 0 N–H and O–H groups in total. The van der Waals surface area contributed by atoms with Crippen LogP contribution in [0.15, 0.2) is 36.9 Å². The normalized spacial score (nSPS) is 17.5. The molecule has 1 unspecified atom stereocenters. The van der Waals surface area contributed by atoms with Gasteiger partial charge in [0.15, 0.2) is 11.6 Å². The predicted molar refractivity (Wildman–Crippen MR) is 99.9 cm³/mol. The van der Waals surface area contributed by atoms with E-state index < -0.39 is 0 Å². The van der Waals surface area contributed by atoms with Crippen LogP contribution in [0.2, 0.25) is 0 Å². The molecule has 3 aromatic rings. The Balaban J connectivity index is 1.62. The van der Waals surface area contributed by atoms with Crippen LogP contribution in [-0.4, -0.2) is 46.1 Å². The first-order chi connectivity index (χ1) is 12.6. The van der Waals surface area contributed by atoms with Crippen LogP contribution in [0.4, 0.5) is 16.0 Å². The highest BCUT2D eigenvalue weighted by Crippen LogP contribution is 2.28. The molecule has 0 spiro atoms. The number of hydrogen-bond acceptors (Lipinski definition) is 6. The summed E-state index contributed by atoms with van der Waals surface area (Å²) in [6, 6.07) is 8.17. The van der Waals surface area contributed by atoms with Crippen LogP contribution in [0.1, 0.15) is 18.5 Å². The van der Waals surface area contributed by atoms with E-state index in [1.165, 1.54) is 6.33 Å². The third-order valence-corrected chi connectivity index (χ3v) is 5.05. The van der Waals surface area contributed by atoms with Crippen molar-refractivity contribution >= 4 is 22.5 Å². The number of anilines is 2. The number of likely N-dealkylation sites (N-methyl/N-ethyl adjacent to an activating group) is 1. The van der Waals surface area contributed by atoms with Gasteiger partial charge >= 0.3 is 0 Å². The van der Waals surface area contributed by atoms with Crippen LogP contribution < -0.4 is 9.80 Å². The fourth-order valence-electron chi connectivity index (χ4n) is 3.57. The maximum atomic E-state index is 14.4. The van der Waals surface area contributed by atoms with Crippen molar-refractivity contribution in [2.24, 2.45) is 0 Å². The Kier molecular flexibility index (Phi) is 4.36. The van der Waals surface area contributed by atoms with Gasteiger partial charge in [-0.2, -0.15) is 0 Å². The van der Waals surface area contributed by atoms with Crippen molar-refractivity contribution in [3.8, 4) is 0 Å². The highest BCUT2D eigenvalue weighted by Gasteiger charge is 2.27. The third kappa shape index (κ3) is 2.94. The molecular formula is C19H21FN6. The van der Waals surface area contributed by atoms with Crippen LogP contribution in [0.5, 0.6) is 0 Å². The lowest BCUT2D eigenvalue weighted by atomic mass is 10.0. The number of aromatic nitrogens is 4. The first-order valence-electron chi connectivity index (χ1n) is 8.80. The van der Waals surface area contributed by atoms with Crippen LogP contribution in [0.25, 0.3) is 10.9 Å². The monoisotopic (exact) mass is 352 g/mol. The van der Waals surface area contributed by atoms with Crippen LogP contribution in [0.3, 0.4) is 0 Å². The van der Waals surface area contributed by atoms with E-state index in [1.54, 1.807) is 13.3 Å². The first-order valence-corrected chi connectivity index (χ1v) is 8.80. The quantitative estimate of drug-likeness (QED) is 0.722. The van der Waals surface area contributed by atoms with Crippen LogP contribution in [-0.2, 0) is 0 Å². The molecule has 1 atom stereocenters. The van der Waals surface area contributed by atoms with E-state index in [0.29, 0.717) is 11.5 Å². The molecule has 0 amide bonds. The molecule has 1 saturated heterocycles. The Hall–Kier alpha value is -2.83. The van der Waals surface area contributed by atoms with Crippen LogP contribution in [0, 0.1) is 12.7 Å². The van der Waals surface area contributed by atoms with Gasteiger partial charge in [0.05, 0.1) is 11.2 Å². The van der Waals surface area contributed by atoms with E-state index in [-0.39, 0.29) is 11.9 Å². The standard InChI is InChI=1S/C19H21FN6/c1-13-17(20)19(24-11-21-13)25(2)14-6-5-9-26(10-14)18-15-7-3-4-8-16(15)22-12-23-18/h3-4,7-8,11-12,14H,5-6,9-10H2,1-2H3. The second kappa shape index (κ2) is 6.82. The Bertz CT molecular complexity index is 926. The molecule has 0 bridgehead atoms. The molecule has 6 nitrogen and oxygen atoms in total. The summed E-state index contributed by atoms with van der Waals surface area (Å²) in [4.78, 5) is 21.1. The fourth-order valence-corrected chi connectivity index (χ4v) is 3.57. The SMILES string of the molecule is Cc1ncnc(N(C)C2CCCN(c3ncnc4ccccc34)C2)c1F. The molecule has 3 heterocycles. The molecule has 1 aliphatic rings. The molecule has 4 rings (SSSR count). The van der Waals surface area contributed by atoms with Crippen molar-refractivity contribution in [3.05, 3.63) is 48.4 Å². The van der Waals surface area contributed by atoms with Gasteiger partial charge in [-0.3, -0.25) is 0 Å². The zero-order valence-electron chi connectivity index (χ0n) is 14.9. The van der Waals surface area contributed by atoms with Gasteiger partial charge in [0.2, 0.25) is 0 Å². The second-order valence-corrected chi connectivity index (χ2v) is 6.66. The van der Waals surface area contributed by atoms with Gasteiger partial charge in [-0.15, -0.1) is 0 Å². The van der Waals surface area contributed by atoms with Crippen molar-refractivity contribution in [2.45, 2.75) is 25.8 Å². The summed E-state index contributed by atoms with van der Waals surface area (Å²) in [5.41, 5.74) is 1.31. The summed E-state index contributed by atoms with van der Waals surface area (Å²) in [5, 5.41) is 1.04. The van der Waals surface area contributed by atoms with Crippen molar-refractivity contribution < 1.29 is 4.39 Å². The lowest BCUT2D eigenvalue weighted by molar-refractivity contribution is 0.476. The molecule has 26 heavy (non-hydrogen) atoms. The summed E-state index contributed by atoms with van der Waals surface area (Å²) < 4.78 is 14.4. The first kappa shape index (κ1) is 16.6. The highest BCUT2D eigenvalue weighted by atomic mass is 19.1. The molecule has 0 aliphatic carbocycles. The summed E-state index contributed by atoms with van der Waals surface area (Å²) in [5.74, 6) is 0.949. The minimum absolute atomic E-state index is 0.154. The van der Waals surface area contributed by atoms with E-state index in [2.05, 4.69) is 24.8 Å². The van der Waals surface area contributed by atoms with Crippen molar-refractivity contribution in [1.29, 1.82) is 0 Å². The predicted octanol–water partition coefficient (Wildman–Crippen LogP) is 2.97.